The molecule has 2 atom stereocenters. The summed E-state index contributed by atoms with van der Waals surface area (Å²) in [6.45, 7) is 4.94. The molecular formula is C76H145NO5. The van der Waals surface area contributed by atoms with Gasteiger partial charge in [-0.3, -0.25) is 9.59 Å². The summed E-state index contributed by atoms with van der Waals surface area (Å²) in [6.07, 6.45) is 92.1. The van der Waals surface area contributed by atoms with Crippen LogP contribution in [0.1, 0.15) is 412 Å². The molecule has 0 fully saturated rings. The quantitative estimate of drug-likeness (QED) is 0.0320. The van der Waals surface area contributed by atoms with E-state index in [1.54, 1.807) is 0 Å². The van der Waals surface area contributed by atoms with E-state index in [0.717, 1.165) is 51.4 Å². The monoisotopic (exact) mass is 1150 g/mol. The van der Waals surface area contributed by atoms with E-state index in [2.05, 4.69) is 55.6 Å². The average Bonchev–Trinajstić information content (AvgIpc) is 3.48. The second kappa shape index (κ2) is 71.6. The van der Waals surface area contributed by atoms with E-state index in [4.69, 9.17) is 4.74 Å². The Morgan fingerprint density at radius 3 is 0.976 bits per heavy atom. The van der Waals surface area contributed by atoms with Crippen molar-refractivity contribution in [3.8, 4) is 0 Å². The van der Waals surface area contributed by atoms with E-state index >= 15 is 0 Å². The first kappa shape index (κ1) is 80.1. The topological polar surface area (TPSA) is 95.9 Å². The highest BCUT2D eigenvalue weighted by Crippen LogP contribution is 2.19. The Balaban J connectivity index is 3.40. The predicted octanol–water partition coefficient (Wildman–Crippen LogP) is 24.3. The fraction of sp³-hybridized carbons (Fsp3) is 0.895. The third kappa shape index (κ3) is 67.2. The third-order valence-corrected chi connectivity index (χ3v) is 17.4. The van der Waals surface area contributed by atoms with Crippen LogP contribution in [0.2, 0.25) is 0 Å². The molecule has 0 heterocycles. The molecule has 0 aliphatic heterocycles. The molecule has 0 spiro atoms. The van der Waals surface area contributed by atoms with Crippen molar-refractivity contribution in [3.63, 3.8) is 0 Å². The van der Waals surface area contributed by atoms with E-state index in [0.29, 0.717) is 25.9 Å². The Bertz CT molecular complexity index is 1330. The van der Waals surface area contributed by atoms with Gasteiger partial charge < -0.3 is 20.3 Å². The van der Waals surface area contributed by atoms with Gasteiger partial charge in [0.25, 0.3) is 0 Å². The molecule has 0 aromatic heterocycles. The van der Waals surface area contributed by atoms with Crippen molar-refractivity contribution in [3.05, 3.63) is 36.5 Å². The van der Waals surface area contributed by atoms with Crippen LogP contribution in [0.4, 0.5) is 0 Å². The van der Waals surface area contributed by atoms with Crippen LogP contribution < -0.4 is 5.32 Å². The lowest BCUT2D eigenvalue weighted by molar-refractivity contribution is -0.143. The molecule has 2 unspecified atom stereocenters. The first-order chi connectivity index (χ1) is 40.5. The number of aliphatic hydroxyl groups is 2. The number of aliphatic hydroxyl groups excluding tert-OH is 2. The summed E-state index contributed by atoms with van der Waals surface area (Å²) >= 11 is 0. The van der Waals surface area contributed by atoms with Crippen molar-refractivity contribution < 1.29 is 24.5 Å². The number of hydrogen-bond donors (Lipinski definition) is 3. The fourth-order valence-electron chi connectivity index (χ4n) is 11.7. The van der Waals surface area contributed by atoms with E-state index in [-0.39, 0.29) is 18.5 Å². The normalized spacial score (nSPS) is 12.7. The molecule has 0 bridgehead atoms. The Kier molecular flexibility index (Phi) is 69.9. The third-order valence-electron chi connectivity index (χ3n) is 17.4. The maximum atomic E-state index is 12.6. The zero-order valence-corrected chi connectivity index (χ0v) is 55.5. The van der Waals surface area contributed by atoms with Crippen LogP contribution in [-0.2, 0) is 14.3 Å². The van der Waals surface area contributed by atoms with Gasteiger partial charge in [-0.1, -0.05) is 359 Å². The van der Waals surface area contributed by atoms with Gasteiger partial charge in [-0.25, -0.2) is 0 Å². The van der Waals surface area contributed by atoms with E-state index < -0.39 is 12.1 Å². The Labute approximate surface area is 513 Å². The number of rotatable bonds is 70. The minimum atomic E-state index is -0.668. The van der Waals surface area contributed by atoms with Crippen LogP contribution >= 0.6 is 0 Å². The largest absolute Gasteiger partial charge is 0.466 e. The summed E-state index contributed by atoms with van der Waals surface area (Å²) < 4.78 is 5.48. The predicted molar refractivity (Wildman–Crippen MR) is 361 cm³/mol. The van der Waals surface area contributed by atoms with Crippen LogP contribution in [0, 0.1) is 0 Å². The molecule has 0 rings (SSSR count). The van der Waals surface area contributed by atoms with Gasteiger partial charge in [-0.15, -0.1) is 0 Å². The van der Waals surface area contributed by atoms with Gasteiger partial charge in [0, 0.05) is 12.8 Å². The lowest BCUT2D eigenvalue weighted by atomic mass is 10.0. The van der Waals surface area contributed by atoms with E-state index in [1.807, 2.05) is 0 Å². The zero-order chi connectivity index (χ0) is 59.2. The molecule has 1 amide bonds. The number of ether oxygens (including phenoxy) is 1. The standard InChI is InChI=1S/C76H145NO5/c1-3-5-7-9-11-13-15-17-19-20-21-22-23-26-29-32-35-38-41-44-48-52-56-60-64-68-74(79)73(72-78)77-75(80)69-65-61-57-53-49-45-42-39-36-33-30-27-24-25-28-31-34-37-40-43-47-51-55-59-63-67-71-82-76(81)70-66-62-58-54-50-46-18-16-14-12-10-8-6-4-2/h10,12,16,18,24,27,73-74,78-79H,3-9,11,13-15,17,19-23,25-26,28-72H2,1-2H3,(H,77,80)/b12-10-,18-16-,27-24-. The van der Waals surface area contributed by atoms with Crippen molar-refractivity contribution >= 4 is 11.9 Å². The van der Waals surface area contributed by atoms with Crippen molar-refractivity contribution in [2.45, 2.75) is 424 Å². The van der Waals surface area contributed by atoms with Crippen molar-refractivity contribution in [1.82, 2.24) is 5.32 Å². The number of carbonyl (C=O) groups excluding carboxylic acids is 2. The number of hydrogen-bond acceptors (Lipinski definition) is 5. The summed E-state index contributed by atoms with van der Waals surface area (Å²) in [5.41, 5.74) is 0. The van der Waals surface area contributed by atoms with Gasteiger partial charge in [0.15, 0.2) is 0 Å². The Morgan fingerprint density at radius 1 is 0.341 bits per heavy atom. The van der Waals surface area contributed by atoms with Crippen molar-refractivity contribution in [1.29, 1.82) is 0 Å². The number of esters is 1. The second-order valence-corrected chi connectivity index (χ2v) is 25.6. The van der Waals surface area contributed by atoms with Crippen LogP contribution in [0.3, 0.4) is 0 Å². The summed E-state index contributed by atoms with van der Waals surface area (Å²) in [7, 11) is 0. The molecular weight excluding hydrogens is 1010 g/mol. The van der Waals surface area contributed by atoms with Gasteiger partial charge in [-0.2, -0.15) is 0 Å². The van der Waals surface area contributed by atoms with Crippen LogP contribution in [0.15, 0.2) is 36.5 Å². The zero-order valence-electron chi connectivity index (χ0n) is 55.5. The average molecular weight is 1150 g/mol. The number of allylic oxidation sites excluding steroid dienone is 6. The maximum Gasteiger partial charge on any atom is 0.305 e. The highest BCUT2D eigenvalue weighted by molar-refractivity contribution is 5.76. The summed E-state index contributed by atoms with van der Waals surface area (Å²) in [6, 6.07) is -0.545. The SMILES string of the molecule is CCCC/C=C\C/C=C\CCCCCCCC(=O)OCCCCCCCCCCCCCC/C=C\CCCCCCCCCCCCC(=O)NC(CO)C(O)CCCCCCCCCCCCCCCCCCCCCCCCCCC. The molecule has 0 aromatic carbocycles. The maximum absolute atomic E-state index is 12.6. The molecule has 0 saturated carbocycles. The molecule has 82 heavy (non-hydrogen) atoms. The smallest absolute Gasteiger partial charge is 0.305 e. The molecule has 0 aliphatic rings. The number of nitrogens with one attached hydrogen (secondary N) is 1. The Morgan fingerprint density at radius 2 is 0.622 bits per heavy atom. The lowest BCUT2D eigenvalue weighted by Crippen LogP contribution is -2.45. The minimum absolute atomic E-state index is 0.000347. The van der Waals surface area contributed by atoms with Gasteiger partial charge in [-0.05, 0) is 77.0 Å². The molecule has 484 valence electrons. The van der Waals surface area contributed by atoms with Crippen LogP contribution in [0.25, 0.3) is 0 Å². The van der Waals surface area contributed by atoms with Crippen molar-refractivity contribution in [2.75, 3.05) is 13.2 Å². The Hall–Kier alpha value is -1.92. The summed E-state index contributed by atoms with van der Waals surface area (Å²) in [5.74, 6) is -0.0318. The molecule has 0 aliphatic carbocycles. The molecule has 0 aromatic rings. The fourth-order valence-corrected chi connectivity index (χ4v) is 11.7. The van der Waals surface area contributed by atoms with Crippen LogP contribution in [0.5, 0.6) is 0 Å². The van der Waals surface area contributed by atoms with Crippen LogP contribution in [-0.4, -0.2) is 47.4 Å². The van der Waals surface area contributed by atoms with Gasteiger partial charge >= 0.3 is 5.97 Å². The highest BCUT2D eigenvalue weighted by atomic mass is 16.5. The molecule has 6 heteroatoms. The number of unbranched alkanes of at least 4 members (excludes halogenated alkanes) is 53. The molecule has 0 radical (unpaired) electrons. The number of amides is 1. The van der Waals surface area contributed by atoms with Crippen molar-refractivity contribution in [2.24, 2.45) is 0 Å². The summed E-state index contributed by atoms with van der Waals surface area (Å²) in [4.78, 5) is 24.6. The first-order valence-electron chi connectivity index (χ1n) is 37.2. The second-order valence-electron chi connectivity index (χ2n) is 25.6. The number of carbonyl (C=O) groups is 2. The minimum Gasteiger partial charge on any atom is -0.466 e. The van der Waals surface area contributed by atoms with Gasteiger partial charge in [0.2, 0.25) is 5.91 Å². The summed E-state index contributed by atoms with van der Waals surface area (Å²) in [5, 5.41) is 23.5. The lowest BCUT2D eigenvalue weighted by Gasteiger charge is -2.22. The highest BCUT2D eigenvalue weighted by Gasteiger charge is 2.20. The molecule has 0 saturated heterocycles. The van der Waals surface area contributed by atoms with Gasteiger partial charge in [0.05, 0.1) is 25.4 Å². The van der Waals surface area contributed by atoms with E-state index in [1.165, 1.54) is 327 Å². The van der Waals surface area contributed by atoms with E-state index in [9.17, 15) is 19.8 Å². The van der Waals surface area contributed by atoms with Gasteiger partial charge in [0.1, 0.15) is 0 Å². The molecule has 6 nitrogen and oxygen atoms in total. The molecule has 3 N–H and O–H groups in total. The first-order valence-corrected chi connectivity index (χ1v) is 37.2.